The Balaban J connectivity index is 1.72. The van der Waals surface area contributed by atoms with Crippen LogP contribution in [0.3, 0.4) is 0 Å². The molecule has 2 aromatic heterocycles. The Morgan fingerprint density at radius 2 is 1.89 bits per heavy atom. The molecule has 0 unspecified atom stereocenters. The van der Waals surface area contributed by atoms with E-state index < -0.39 is 5.97 Å². The quantitative estimate of drug-likeness (QED) is 0.669. The van der Waals surface area contributed by atoms with Gasteiger partial charge in [0.25, 0.3) is 5.91 Å². The highest BCUT2D eigenvalue weighted by atomic mass is 32.1. The number of hydrogen-bond donors (Lipinski definition) is 1. The predicted octanol–water partition coefficient (Wildman–Crippen LogP) is 4.24. The number of aryl methyl sites for hydroxylation is 1. The number of benzene rings is 1. The molecular weight excluding hydrogens is 382 g/mol. The number of ether oxygens (including phenoxy) is 1. The predicted molar refractivity (Wildman–Crippen MR) is 108 cm³/mol. The minimum Gasteiger partial charge on any atom is -0.465 e. The topological polar surface area (TPSA) is 72.5 Å². The van der Waals surface area contributed by atoms with E-state index in [9.17, 15) is 14.4 Å². The highest BCUT2D eigenvalue weighted by Gasteiger charge is 2.27. The van der Waals surface area contributed by atoms with Crippen LogP contribution in [0.5, 0.6) is 0 Å². The summed E-state index contributed by atoms with van der Waals surface area (Å²) in [6.45, 7) is 0. The smallest absolute Gasteiger partial charge is 0.341 e. The molecule has 3 aromatic rings. The molecule has 0 bridgehead atoms. The minimum atomic E-state index is -0.434. The molecule has 1 N–H and O–H groups in total. The lowest BCUT2D eigenvalue weighted by Gasteiger charge is -2.11. The molecule has 0 saturated carbocycles. The van der Waals surface area contributed by atoms with Gasteiger partial charge in [-0.1, -0.05) is 29.5 Å². The summed E-state index contributed by atoms with van der Waals surface area (Å²) in [5.41, 5.74) is 1.44. The summed E-state index contributed by atoms with van der Waals surface area (Å²) < 4.78 is 4.78. The highest BCUT2D eigenvalue weighted by molar-refractivity contribution is 7.17. The van der Waals surface area contributed by atoms with Crippen molar-refractivity contribution < 1.29 is 14.3 Å². The molecule has 5 nitrogen and oxygen atoms in total. The lowest BCUT2D eigenvalue weighted by Crippen LogP contribution is -2.15. The molecule has 2 heterocycles. The number of methoxy groups -OCH3 is 1. The van der Waals surface area contributed by atoms with Gasteiger partial charge in [-0.2, -0.15) is 0 Å². The zero-order valence-electron chi connectivity index (χ0n) is 14.7. The van der Waals surface area contributed by atoms with Crippen LogP contribution >= 0.6 is 22.7 Å². The number of amides is 1. The Morgan fingerprint density at radius 3 is 2.70 bits per heavy atom. The first kappa shape index (κ1) is 17.9. The zero-order chi connectivity index (χ0) is 19.0. The van der Waals surface area contributed by atoms with Gasteiger partial charge >= 0.3 is 5.97 Å². The molecule has 1 aromatic carbocycles. The molecule has 1 aliphatic rings. The number of fused-ring (bicyclic) bond motifs is 2. The Hall–Kier alpha value is -2.51. The minimum absolute atomic E-state index is 0.156. The molecule has 138 valence electrons. The molecule has 7 heteroatoms. The lowest BCUT2D eigenvalue weighted by atomic mass is 9.95. The van der Waals surface area contributed by atoms with Crippen molar-refractivity contribution in [2.45, 2.75) is 25.7 Å². The Labute approximate surface area is 163 Å². The van der Waals surface area contributed by atoms with E-state index >= 15 is 0 Å². The first-order chi connectivity index (χ1) is 13.1. The van der Waals surface area contributed by atoms with Gasteiger partial charge in [0.05, 0.1) is 17.6 Å². The molecule has 4 rings (SSSR count). The van der Waals surface area contributed by atoms with Gasteiger partial charge in [-0.15, -0.1) is 11.3 Å². The van der Waals surface area contributed by atoms with Crippen LogP contribution in [0.4, 0.5) is 5.00 Å². The van der Waals surface area contributed by atoms with Crippen molar-refractivity contribution in [3.63, 3.8) is 0 Å². The number of esters is 1. The molecule has 0 radical (unpaired) electrons. The number of thiophene rings is 1. The van der Waals surface area contributed by atoms with Crippen LogP contribution in [0, 0.1) is 0 Å². The van der Waals surface area contributed by atoms with E-state index in [1.165, 1.54) is 18.4 Å². The SMILES string of the molecule is COC(=O)c1c(NC(=O)c2cc3ccccc3c(=O)s2)sc2c1CCCC2. The van der Waals surface area contributed by atoms with E-state index in [1.54, 1.807) is 18.2 Å². The molecular formula is C20H17NO4S2. The molecule has 27 heavy (non-hydrogen) atoms. The Bertz CT molecular complexity index is 1110. The third-order valence-corrected chi connectivity index (χ3v) is 6.82. The number of anilines is 1. The van der Waals surface area contributed by atoms with Crippen LogP contribution in [-0.4, -0.2) is 19.0 Å². The molecule has 1 amide bonds. The van der Waals surface area contributed by atoms with Gasteiger partial charge in [-0.25, -0.2) is 4.79 Å². The summed E-state index contributed by atoms with van der Waals surface area (Å²) in [4.78, 5) is 38.9. The second-order valence-electron chi connectivity index (χ2n) is 6.35. The van der Waals surface area contributed by atoms with Crippen molar-refractivity contribution in [3.8, 4) is 0 Å². The standard InChI is InChI=1S/C20H17NO4S2/c1-25-19(23)16-13-8-4-5-9-14(13)26-18(16)21-17(22)15-10-11-6-2-3-7-12(11)20(24)27-15/h2-3,6-7,10H,4-5,8-9H2,1H3,(H,21,22). The van der Waals surface area contributed by atoms with Crippen molar-refractivity contribution in [1.82, 2.24) is 0 Å². The van der Waals surface area contributed by atoms with Gasteiger partial charge in [0.15, 0.2) is 0 Å². The van der Waals surface area contributed by atoms with Crippen LogP contribution in [0.15, 0.2) is 35.1 Å². The largest absolute Gasteiger partial charge is 0.465 e. The second kappa shape index (κ2) is 7.25. The molecule has 0 aliphatic heterocycles. The van der Waals surface area contributed by atoms with Crippen molar-refractivity contribution in [2.75, 3.05) is 12.4 Å². The molecule has 0 atom stereocenters. The van der Waals surface area contributed by atoms with Crippen molar-refractivity contribution in [2.24, 2.45) is 0 Å². The average molecular weight is 399 g/mol. The summed E-state index contributed by atoms with van der Waals surface area (Å²) in [5.74, 6) is -0.817. The third kappa shape index (κ3) is 3.28. The van der Waals surface area contributed by atoms with E-state index in [0.717, 1.165) is 52.8 Å². The highest BCUT2D eigenvalue weighted by Crippen LogP contribution is 2.38. The number of rotatable bonds is 3. The molecule has 0 fully saturated rings. The fourth-order valence-corrected chi connectivity index (χ4v) is 5.48. The van der Waals surface area contributed by atoms with Crippen LogP contribution in [0.2, 0.25) is 0 Å². The van der Waals surface area contributed by atoms with Crippen LogP contribution < -0.4 is 10.1 Å². The fraction of sp³-hybridized carbons (Fsp3) is 0.250. The fourth-order valence-electron chi connectivity index (χ4n) is 3.38. The van der Waals surface area contributed by atoms with Gasteiger partial charge < -0.3 is 10.1 Å². The van der Waals surface area contributed by atoms with Crippen molar-refractivity contribution in [1.29, 1.82) is 0 Å². The summed E-state index contributed by atoms with van der Waals surface area (Å²) in [6, 6.07) is 8.90. The Kier molecular flexibility index (Phi) is 4.80. The second-order valence-corrected chi connectivity index (χ2v) is 8.47. The van der Waals surface area contributed by atoms with Crippen molar-refractivity contribution >= 4 is 50.3 Å². The first-order valence-electron chi connectivity index (χ1n) is 8.65. The van der Waals surface area contributed by atoms with Gasteiger partial charge in [0, 0.05) is 10.3 Å². The lowest BCUT2D eigenvalue weighted by molar-refractivity contribution is 0.0601. The maximum Gasteiger partial charge on any atom is 0.341 e. The number of carbonyl (C=O) groups excluding carboxylic acids is 2. The summed E-state index contributed by atoms with van der Waals surface area (Å²) in [6.07, 6.45) is 3.82. The normalized spacial score (nSPS) is 13.2. The summed E-state index contributed by atoms with van der Waals surface area (Å²) in [7, 11) is 1.34. The van der Waals surface area contributed by atoms with E-state index in [2.05, 4.69) is 5.32 Å². The van der Waals surface area contributed by atoms with Gasteiger partial charge in [-0.05, 0) is 48.8 Å². The molecule has 1 aliphatic carbocycles. The number of nitrogens with one attached hydrogen (secondary N) is 1. The van der Waals surface area contributed by atoms with E-state index in [4.69, 9.17) is 4.74 Å². The monoisotopic (exact) mass is 399 g/mol. The number of carbonyl (C=O) groups is 2. The van der Waals surface area contributed by atoms with E-state index in [-0.39, 0.29) is 10.6 Å². The molecule has 0 saturated heterocycles. The van der Waals surface area contributed by atoms with Crippen LogP contribution in [-0.2, 0) is 17.6 Å². The zero-order valence-corrected chi connectivity index (χ0v) is 16.3. The summed E-state index contributed by atoms with van der Waals surface area (Å²) >= 11 is 2.34. The van der Waals surface area contributed by atoms with Crippen molar-refractivity contribution in [3.05, 3.63) is 60.8 Å². The van der Waals surface area contributed by atoms with E-state index in [1.807, 2.05) is 12.1 Å². The number of hydrogen-bond acceptors (Lipinski definition) is 6. The van der Waals surface area contributed by atoms with Gasteiger partial charge in [-0.3, -0.25) is 9.59 Å². The molecule has 0 spiro atoms. The first-order valence-corrected chi connectivity index (χ1v) is 10.3. The van der Waals surface area contributed by atoms with Gasteiger partial charge in [0.2, 0.25) is 4.74 Å². The van der Waals surface area contributed by atoms with Crippen LogP contribution in [0.1, 0.15) is 43.3 Å². The van der Waals surface area contributed by atoms with Gasteiger partial charge in [0.1, 0.15) is 5.00 Å². The Morgan fingerprint density at radius 1 is 1.11 bits per heavy atom. The summed E-state index contributed by atoms with van der Waals surface area (Å²) in [5, 5.41) is 4.67. The average Bonchev–Trinajstić information content (AvgIpc) is 3.05. The van der Waals surface area contributed by atoms with Crippen LogP contribution in [0.25, 0.3) is 10.8 Å². The van der Waals surface area contributed by atoms with E-state index in [0.29, 0.717) is 20.8 Å². The third-order valence-electron chi connectivity index (χ3n) is 4.68. The maximum atomic E-state index is 12.8. The maximum absolute atomic E-state index is 12.8.